The van der Waals surface area contributed by atoms with Gasteiger partial charge >= 0.3 is 0 Å². The van der Waals surface area contributed by atoms with Crippen molar-refractivity contribution in [1.82, 2.24) is 20.6 Å². The summed E-state index contributed by atoms with van der Waals surface area (Å²) in [6, 6.07) is 7.81. The van der Waals surface area contributed by atoms with E-state index in [2.05, 4.69) is 36.9 Å². The summed E-state index contributed by atoms with van der Waals surface area (Å²) in [6.45, 7) is 3.62. The van der Waals surface area contributed by atoms with E-state index in [1.165, 1.54) is 4.88 Å². The molecule has 10 heteroatoms. The molecule has 0 saturated carbocycles. The van der Waals surface area contributed by atoms with Gasteiger partial charge in [-0.2, -0.15) is 0 Å². The molecule has 3 aromatic heterocycles. The van der Waals surface area contributed by atoms with Gasteiger partial charge in [0.1, 0.15) is 5.76 Å². The first-order valence-electron chi connectivity index (χ1n) is 10.8. The Kier molecular flexibility index (Phi) is 6.56. The van der Waals surface area contributed by atoms with Crippen LogP contribution in [0.1, 0.15) is 23.4 Å². The average molecular weight is 482 g/mol. The molecule has 0 aromatic carbocycles. The minimum atomic E-state index is -0.377. The third-order valence-electron chi connectivity index (χ3n) is 5.67. The summed E-state index contributed by atoms with van der Waals surface area (Å²) >= 11 is 2.64. The Morgan fingerprint density at radius 1 is 1.27 bits per heavy atom. The minimum Gasteiger partial charge on any atom is -0.464 e. The second kappa shape index (κ2) is 9.90. The molecule has 2 N–H and O–H groups in total. The number of thioether (sulfide) groups is 1. The Labute approximate surface area is 199 Å². The van der Waals surface area contributed by atoms with Gasteiger partial charge in [-0.1, -0.05) is 0 Å². The van der Waals surface area contributed by atoms with Gasteiger partial charge in [0.15, 0.2) is 0 Å². The summed E-state index contributed by atoms with van der Waals surface area (Å²) in [4.78, 5) is 35.9. The van der Waals surface area contributed by atoms with E-state index in [1.54, 1.807) is 35.9 Å². The zero-order valence-electron chi connectivity index (χ0n) is 17.8. The van der Waals surface area contributed by atoms with Crippen molar-refractivity contribution in [3.63, 3.8) is 0 Å². The van der Waals surface area contributed by atoms with E-state index in [-0.39, 0.29) is 11.1 Å². The number of aromatic nitrogens is 2. The second-order valence-electron chi connectivity index (χ2n) is 7.97. The lowest BCUT2D eigenvalue weighted by Crippen LogP contribution is -2.38. The Hall–Kier alpha value is -2.95. The molecular formula is C23H23N5O3S2. The van der Waals surface area contributed by atoms with Gasteiger partial charge in [-0.25, -0.2) is 9.97 Å². The van der Waals surface area contributed by atoms with Gasteiger partial charge in [0.05, 0.1) is 16.9 Å². The number of carbonyl (C=O) groups excluding carboxylic acids is 2. The fourth-order valence-electron chi connectivity index (χ4n) is 3.93. The maximum atomic E-state index is 11.8. The van der Waals surface area contributed by atoms with Crippen molar-refractivity contribution in [2.75, 3.05) is 24.5 Å². The Morgan fingerprint density at radius 3 is 2.91 bits per heavy atom. The number of carbonyl (C=O) groups is 2. The van der Waals surface area contributed by atoms with Crippen LogP contribution in [-0.4, -0.2) is 40.7 Å². The lowest BCUT2D eigenvalue weighted by atomic mass is 9.97. The standard InChI is InChI=1S/C23H23N5O3S2/c29-21-20(33-23(30)27-21)11-17-3-6-25-22(26-17)28-7-4-15(5-8-28)12-24-13-18-10-16(14-32-18)19-2-1-9-31-19/h1-3,6,9-11,14-15,24H,4-5,7-8,12-13H2,(H,27,29,30)/b20-11+. The van der Waals surface area contributed by atoms with Crippen LogP contribution in [0.2, 0.25) is 0 Å². The third kappa shape index (κ3) is 5.35. The van der Waals surface area contributed by atoms with Gasteiger partial charge in [0.2, 0.25) is 5.95 Å². The second-order valence-corrected chi connectivity index (χ2v) is 9.98. The Balaban J connectivity index is 1.10. The molecule has 0 aliphatic carbocycles. The molecule has 5 heterocycles. The van der Waals surface area contributed by atoms with E-state index in [9.17, 15) is 9.59 Å². The van der Waals surface area contributed by atoms with Crippen molar-refractivity contribution in [2.45, 2.75) is 19.4 Å². The van der Waals surface area contributed by atoms with E-state index >= 15 is 0 Å². The Morgan fingerprint density at radius 2 is 2.15 bits per heavy atom. The van der Waals surface area contributed by atoms with Crippen molar-refractivity contribution < 1.29 is 14.0 Å². The van der Waals surface area contributed by atoms with Crippen LogP contribution >= 0.6 is 23.1 Å². The molecule has 2 aliphatic heterocycles. The summed E-state index contributed by atoms with van der Waals surface area (Å²) < 4.78 is 5.46. The molecule has 3 aromatic rings. The van der Waals surface area contributed by atoms with Crippen LogP contribution in [0.15, 0.2) is 51.4 Å². The first-order valence-corrected chi connectivity index (χ1v) is 12.5. The number of amides is 2. The molecular weight excluding hydrogens is 458 g/mol. The molecule has 0 spiro atoms. The van der Waals surface area contributed by atoms with E-state index in [0.29, 0.717) is 22.5 Å². The summed E-state index contributed by atoms with van der Waals surface area (Å²) in [5.74, 6) is 1.81. The first kappa shape index (κ1) is 21.9. The molecule has 5 rings (SSSR count). The maximum Gasteiger partial charge on any atom is 0.290 e. The van der Waals surface area contributed by atoms with Crippen molar-refractivity contribution in [2.24, 2.45) is 5.92 Å². The molecule has 2 aliphatic rings. The summed E-state index contributed by atoms with van der Waals surface area (Å²) in [6.07, 6.45) is 7.16. The van der Waals surface area contributed by atoms with Crippen LogP contribution in [0.25, 0.3) is 17.4 Å². The number of rotatable bonds is 7. The smallest absolute Gasteiger partial charge is 0.290 e. The predicted octanol–water partition coefficient (Wildman–Crippen LogP) is 4.13. The number of imide groups is 1. The van der Waals surface area contributed by atoms with Crippen molar-refractivity contribution in [3.05, 3.63) is 57.6 Å². The third-order valence-corrected chi connectivity index (χ3v) is 7.42. The molecule has 0 unspecified atom stereocenters. The van der Waals surface area contributed by atoms with Crippen LogP contribution < -0.4 is 15.5 Å². The summed E-state index contributed by atoms with van der Waals surface area (Å²) in [5.41, 5.74) is 1.76. The number of hydrogen-bond donors (Lipinski definition) is 2. The van der Waals surface area contributed by atoms with Crippen molar-refractivity contribution >= 4 is 46.3 Å². The number of nitrogens with one attached hydrogen (secondary N) is 2. The average Bonchev–Trinajstić information content (AvgIpc) is 3.57. The number of anilines is 1. The monoisotopic (exact) mass is 481 g/mol. The number of piperidine rings is 1. The van der Waals surface area contributed by atoms with E-state index in [4.69, 9.17) is 4.42 Å². The molecule has 170 valence electrons. The topological polar surface area (TPSA) is 100 Å². The zero-order valence-corrected chi connectivity index (χ0v) is 19.5. The lowest BCUT2D eigenvalue weighted by molar-refractivity contribution is -0.115. The largest absolute Gasteiger partial charge is 0.464 e. The van der Waals surface area contributed by atoms with E-state index in [0.717, 1.165) is 62.1 Å². The normalized spacial score (nSPS) is 18.3. The fourth-order valence-corrected chi connectivity index (χ4v) is 5.44. The molecule has 0 radical (unpaired) electrons. The predicted molar refractivity (Wildman–Crippen MR) is 130 cm³/mol. The highest BCUT2D eigenvalue weighted by molar-refractivity contribution is 8.18. The highest BCUT2D eigenvalue weighted by Crippen LogP contribution is 2.27. The minimum absolute atomic E-state index is 0.353. The zero-order chi connectivity index (χ0) is 22.6. The van der Waals surface area contributed by atoms with E-state index in [1.807, 2.05) is 12.1 Å². The number of hydrogen-bond acceptors (Lipinski definition) is 9. The van der Waals surface area contributed by atoms with E-state index < -0.39 is 0 Å². The fraction of sp³-hybridized carbons (Fsp3) is 0.304. The number of furan rings is 1. The van der Waals surface area contributed by atoms with Crippen LogP contribution in [-0.2, 0) is 11.3 Å². The number of nitrogens with zero attached hydrogens (tertiary/aromatic N) is 3. The van der Waals surface area contributed by atoms with Crippen molar-refractivity contribution in [3.8, 4) is 11.3 Å². The molecule has 33 heavy (non-hydrogen) atoms. The van der Waals surface area contributed by atoms with Crippen LogP contribution in [0, 0.1) is 5.92 Å². The van der Waals surface area contributed by atoms with Gasteiger partial charge in [-0.3, -0.25) is 14.9 Å². The summed E-state index contributed by atoms with van der Waals surface area (Å²) in [7, 11) is 0. The molecule has 8 nitrogen and oxygen atoms in total. The highest BCUT2D eigenvalue weighted by Gasteiger charge is 2.25. The van der Waals surface area contributed by atoms with Gasteiger partial charge in [-0.05, 0) is 67.4 Å². The van der Waals surface area contributed by atoms with Gasteiger partial charge < -0.3 is 14.6 Å². The van der Waals surface area contributed by atoms with Crippen LogP contribution in [0.5, 0.6) is 0 Å². The molecule has 2 amide bonds. The first-order chi connectivity index (χ1) is 16.1. The number of thiophene rings is 1. The SMILES string of the molecule is O=C1NC(=O)/C(=C\c2ccnc(N3CCC(CNCc4cc(-c5ccco5)cs4)CC3)n2)S1. The van der Waals surface area contributed by atoms with Crippen LogP contribution in [0.3, 0.4) is 0 Å². The summed E-state index contributed by atoms with van der Waals surface area (Å²) in [5, 5.41) is 7.63. The molecule has 2 fully saturated rings. The molecule has 2 saturated heterocycles. The van der Waals surface area contributed by atoms with Gasteiger partial charge in [-0.15, -0.1) is 11.3 Å². The Bertz CT molecular complexity index is 1170. The van der Waals surface area contributed by atoms with Gasteiger partial charge in [0.25, 0.3) is 11.1 Å². The van der Waals surface area contributed by atoms with Gasteiger partial charge in [0, 0.05) is 41.7 Å². The molecule has 0 atom stereocenters. The maximum absolute atomic E-state index is 11.8. The lowest BCUT2D eigenvalue weighted by Gasteiger charge is -2.32. The highest BCUT2D eigenvalue weighted by atomic mass is 32.2. The quantitative estimate of drug-likeness (QED) is 0.486. The van der Waals surface area contributed by atoms with Crippen molar-refractivity contribution in [1.29, 1.82) is 0 Å². The van der Waals surface area contributed by atoms with Crippen LogP contribution in [0.4, 0.5) is 10.7 Å². The molecule has 0 bridgehead atoms.